The van der Waals surface area contributed by atoms with E-state index < -0.39 is 0 Å². The zero-order valence-electron chi connectivity index (χ0n) is 14.0. The van der Waals surface area contributed by atoms with Crippen molar-refractivity contribution in [1.82, 2.24) is 10.2 Å². The first-order chi connectivity index (χ1) is 9.65. The van der Waals surface area contributed by atoms with Crippen molar-refractivity contribution in [2.45, 2.75) is 71.8 Å². The molecule has 2 N–H and O–H groups in total. The number of nitrogens with zero attached hydrogens (tertiary/aromatic N) is 1. The van der Waals surface area contributed by atoms with Crippen molar-refractivity contribution in [3.05, 3.63) is 0 Å². The van der Waals surface area contributed by atoms with Gasteiger partial charge in [0.25, 0.3) is 0 Å². The molecule has 1 aliphatic rings. The molecule has 2 unspecified atom stereocenters. The Bertz CT molecular complexity index is 247. The largest absolute Gasteiger partial charge is 0.395 e. The molecule has 0 saturated carbocycles. The monoisotopic (exact) mass is 284 g/mol. The first-order valence-corrected chi connectivity index (χ1v) is 8.71. The number of nitrogens with one attached hydrogen (secondary N) is 1. The van der Waals surface area contributed by atoms with Crippen molar-refractivity contribution in [2.75, 3.05) is 32.8 Å². The van der Waals surface area contributed by atoms with Crippen molar-refractivity contribution in [3.63, 3.8) is 0 Å². The summed E-state index contributed by atoms with van der Waals surface area (Å²) in [6, 6.07) is 0.389. The van der Waals surface area contributed by atoms with Crippen LogP contribution in [-0.2, 0) is 0 Å². The molecule has 20 heavy (non-hydrogen) atoms. The minimum absolute atomic E-state index is 0.324. The van der Waals surface area contributed by atoms with Crippen molar-refractivity contribution in [1.29, 1.82) is 0 Å². The van der Waals surface area contributed by atoms with Gasteiger partial charge in [0, 0.05) is 19.1 Å². The number of likely N-dealkylation sites (tertiary alicyclic amines) is 1. The van der Waals surface area contributed by atoms with E-state index in [0.29, 0.717) is 18.1 Å². The Labute approximate surface area is 126 Å². The van der Waals surface area contributed by atoms with E-state index >= 15 is 0 Å². The lowest BCUT2D eigenvalue weighted by molar-refractivity contribution is 0.0756. The van der Waals surface area contributed by atoms with Gasteiger partial charge in [0.05, 0.1) is 6.61 Å². The second-order valence-electron chi connectivity index (χ2n) is 6.89. The highest BCUT2D eigenvalue weighted by Crippen LogP contribution is 2.27. The van der Waals surface area contributed by atoms with E-state index in [1.165, 1.54) is 44.9 Å². The summed E-state index contributed by atoms with van der Waals surface area (Å²) in [5, 5.41) is 13.3. The number of aliphatic hydroxyl groups is 1. The van der Waals surface area contributed by atoms with E-state index in [9.17, 15) is 5.11 Å². The van der Waals surface area contributed by atoms with Crippen LogP contribution in [0.15, 0.2) is 0 Å². The Morgan fingerprint density at radius 1 is 1.20 bits per heavy atom. The van der Waals surface area contributed by atoms with E-state index in [-0.39, 0.29) is 0 Å². The zero-order valence-corrected chi connectivity index (χ0v) is 14.0. The summed E-state index contributed by atoms with van der Waals surface area (Å²) < 4.78 is 0. The highest BCUT2D eigenvalue weighted by Gasteiger charge is 2.30. The first kappa shape index (κ1) is 17.9. The Morgan fingerprint density at radius 2 is 2.00 bits per heavy atom. The fourth-order valence-electron chi connectivity index (χ4n) is 3.54. The van der Waals surface area contributed by atoms with Crippen LogP contribution in [0.5, 0.6) is 0 Å². The molecule has 0 aliphatic carbocycles. The molecule has 0 aromatic heterocycles. The summed E-state index contributed by atoms with van der Waals surface area (Å²) in [6.45, 7) is 11.8. The van der Waals surface area contributed by atoms with Crippen LogP contribution in [0, 0.1) is 5.41 Å². The fraction of sp³-hybridized carbons (Fsp3) is 1.00. The molecule has 1 aliphatic heterocycles. The quantitative estimate of drug-likeness (QED) is 0.639. The van der Waals surface area contributed by atoms with Gasteiger partial charge in [-0.1, -0.05) is 40.0 Å². The molecule has 1 rings (SSSR count). The molecule has 0 spiro atoms. The normalized spacial score (nSPS) is 24.3. The SMILES string of the molecule is CCCNCC(C)(CCC)CN1CCCCCC1CO. The number of hydrogen-bond acceptors (Lipinski definition) is 3. The van der Waals surface area contributed by atoms with Gasteiger partial charge in [-0.05, 0) is 44.2 Å². The minimum atomic E-state index is 0.324. The van der Waals surface area contributed by atoms with E-state index in [1.54, 1.807) is 0 Å². The highest BCUT2D eigenvalue weighted by molar-refractivity contribution is 4.85. The van der Waals surface area contributed by atoms with Crippen molar-refractivity contribution < 1.29 is 5.11 Å². The molecule has 1 heterocycles. The third kappa shape index (κ3) is 6.11. The smallest absolute Gasteiger partial charge is 0.0586 e. The van der Waals surface area contributed by atoms with Crippen LogP contribution in [0.2, 0.25) is 0 Å². The van der Waals surface area contributed by atoms with Gasteiger partial charge < -0.3 is 10.4 Å². The molecule has 0 radical (unpaired) electrons. The van der Waals surface area contributed by atoms with Crippen LogP contribution in [0.3, 0.4) is 0 Å². The van der Waals surface area contributed by atoms with Gasteiger partial charge in [-0.2, -0.15) is 0 Å². The van der Waals surface area contributed by atoms with Gasteiger partial charge >= 0.3 is 0 Å². The van der Waals surface area contributed by atoms with Crippen LogP contribution in [0.4, 0.5) is 0 Å². The van der Waals surface area contributed by atoms with Gasteiger partial charge in [0.15, 0.2) is 0 Å². The first-order valence-electron chi connectivity index (χ1n) is 8.71. The minimum Gasteiger partial charge on any atom is -0.395 e. The summed E-state index contributed by atoms with van der Waals surface area (Å²) in [4.78, 5) is 2.57. The topological polar surface area (TPSA) is 35.5 Å². The highest BCUT2D eigenvalue weighted by atomic mass is 16.3. The number of rotatable bonds is 9. The maximum absolute atomic E-state index is 9.67. The molecular formula is C17H36N2O. The third-order valence-electron chi connectivity index (χ3n) is 4.63. The van der Waals surface area contributed by atoms with Crippen molar-refractivity contribution >= 4 is 0 Å². The van der Waals surface area contributed by atoms with E-state index in [4.69, 9.17) is 0 Å². The lowest BCUT2D eigenvalue weighted by atomic mass is 9.84. The molecule has 0 bridgehead atoms. The lowest BCUT2D eigenvalue weighted by Crippen LogP contribution is -2.47. The standard InChI is InChI=1S/C17H36N2O/c1-4-10-17(3,14-18-11-5-2)15-19-12-8-6-7-9-16(19)13-20/h16,18,20H,4-15H2,1-3H3. The Balaban J connectivity index is 2.60. The van der Waals surface area contributed by atoms with E-state index in [0.717, 1.165) is 26.2 Å². The fourth-order valence-corrected chi connectivity index (χ4v) is 3.54. The van der Waals surface area contributed by atoms with Crippen LogP contribution in [0.25, 0.3) is 0 Å². The number of hydrogen-bond donors (Lipinski definition) is 2. The van der Waals surface area contributed by atoms with Gasteiger partial charge in [0.2, 0.25) is 0 Å². The zero-order chi connectivity index (χ0) is 14.8. The van der Waals surface area contributed by atoms with E-state index in [1.807, 2.05) is 0 Å². The predicted octanol–water partition coefficient (Wildman–Crippen LogP) is 3.03. The average molecular weight is 284 g/mol. The van der Waals surface area contributed by atoms with Crippen LogP contribution in [-0.4, -0.2) is 48.8 Å². The summed E-state index contributed by atoms with van der Waals surface area (Å²) >= 11 is 0. The molecule has 1 saturated heterocycles. The van der Waals surface area contributed by atoms with Crippen LogP contribution in [0.1, 0.15) is 65.7 Å². The Kier molecular flexibility index (Phi) is 8.74. The number of aliphatic hydroxyl groups excluding tert-OH is 1. The van der Waals surface area contributed by atoms with Gasteiger partial charge in [0.1, 0.15) is 0 Å². The summed E-state index contributed by atoms with van der Waals surface area (Å²) in [6.07, 6.45) is 8.76. The Morgan fingerprint density at radius 3 is 2.65 bits per heavy atom. The Hall–Kier alpha value is -0.120. The molecule has 2 atom stereocenters. The molecular weight excluding hydrogens is 248 g/mol. The van der Waals surface area contributed by atoms with Gasteiger partial charge in [-0.3, -0.25) is 4.90 Å². The summed E-state index contributed by atoms with van der Waals surface area (Å²) in [5.74, 6) is 0. The third-order valence-corrected chi connectivity index (χ3v) is 4.63. The lowest BCUT2D eigenvalue weighted by Gasteiger charge is -2.38. The molecule has 0 aromatic carbocycles. The average Bonchev–Trinajstić information content (AvgIpc) is 2.64. The van der Waals surface area contributed by atoms with Crippen molar-refractivity contribution in [3.8, 4) is 0 Å². The van der Waals surface area contributed by atoms with Crippen molar-refractivity contribution in [2.24, 2.45) is 5.41 Å². The molecule has 0 amide bonds. The van der Waals surface area contributed by atoms with Gasteiger partial charge in [-0.25, -0.2) is 0 Å². The second kappa shape index (κ2) is 9.75. The maximum Gasteiger partial charge on any atom is 0.0586 e. The summed E-state index contributed by atoms with van der Waals surface area (Å²) in [7, 11) is 0. The molecule has 1 fully saturated rings. The van der Waals surface area contributed by atoms with Crippen LogP contribution < -0.4 is 5.32 Å². The second-order valence-corrected chi connectivity index (χ2v) is 6.89. The van der Waals surface area contributed by atoms with Gasteiger partial charge in [-0.15, -0.1) is 0 Å². The van der Waals surface area contributed by atoms with Crippen LogP contribution >= 0.6 is 0 Å². The van der Waals surface area contributed by atoms with E-state index in [2.05, 4.69) is 31.0 Å². The molecule has 3 nitrogen and oxygen atoms in total. The molecule has 0 aromatic rings. The maximum atomic E-state index is 9.67. The predicted molar refractivity (Wildman–Crippen MR) is 87.1 cm³/mol. The summed E-state index contributed by atoms with van der Waals surface area (Å²) in [5.41, 5.74) is 0.335. The molecule has 120 valence electrons. The molecule has 3 heteroatoms.